The van der Waals surface area contributed by atoms with E-state index >= 15 is 0 Å². The number of alkyl carbamates (subject to hydrolysis) is 1. The number of carbonyl (C=O) groups is 1. The van der Waals surface area contributed by atoms with E-state index in [1.165, 1.54) is 6.07 Å². The number of aliphatic imine (C=N–C) groups is 1. The van der Waals surface area contributed by atoms with E-state index in [0.29, 0.717) is 31.2 Å². The Morgan fingerprint density at radius 2 is 1.85 bits per heavy atom. The average Bonchev–Trinajstić information content (AvgIpc) is 2.55. The summed E-state index contributed by atoms with van der Waals surface area (Å²) in [6.45, 7) is 8.90. The number of nitro groups is 1. The molecule has 0 unspecified atom stereocenters. The van der Waals surface area contributed by atoms with Crippen LogP contribution >= 0.6 is 0 Å². The van der Waals surface area contributed by atoms with Crippen LogP contribution in [0.3, 0.4) is 0 Å². The summed E-state index contributed by atoms with van der Waals surface area (Å²) in [5.74, 6) is 0.511. The van der Waals surface area contributed by atoms with Crippen LogP contribution in [-0.2, 0) is 11.3 Å². The summed E-state index contributed by atoms with van der Waals surface area (Å²) in [5.41, 5.74) is 0.0263. The fraction of sp³-hybridized carbons (Fsp3) is 0.529. The predicted molar refractivity (Wildman–Crippen MR) is 100 cm³/mol. The highest BCUT2D eigenvalue weighted by Crippen LogP contribution is 2.18. The molecule has 1 aromatic rings. The molecular formula is C17H27N5O4. The minimum Gasteiger partial charge on any atom is -0.444 e. The lowest BCUT2D eigenvalue weighted by Crippen LogP contribution is -2.42. The molecule has 1 amide bonds. The van der Waals surface area contributed by atoms with Gasteiger partial charge in [-0.2, -0.15) is 0 Å². The van der Waals surface area contributed by atoms with E-state index in [2.05, 4.69) is 20.9 Å². The number of guanidine groups is 1. The fourth-order valence-corrected chi connectivity index (χ4v) is 1.99. The number of para-hydroxylation sites is 1. The number of nitrogens with one attached hydrogen (secondary N) is 3. The second-order valence-corrected chi connectivity index (χ2v) is 6.44. The van der Waals surface area contributed by atoms with Gasteiger partial charge >= 0.3 is 6.09 Å². The summed E-state index contributed by atoms with van der Waals surface area (Å²) in [6, 6.07) is 6.49. The van der Waals surface area contributed by atoms with Crippen molar-refractivity contribution < 1.29 is 14.5 Å². The second-order valence-electron chi connectivity index (χ2n) is 6.44. The molecule has 0 spiro atoms. The topological polar surface area (TPSA) is 118 Å². The van der Waals surface area contributed by atoms with Gasteiger partial charge in [-0.1, -0.05) is 18.2 Å². The van der Waals surface area contributed by atoms with E-state index in [1.807, 2.05) is 6.92 Å². The number of amides is 1. The van der Waals surface area contributed by atoms with Gasteiger partial charge in [0, 0.05) is 25.7 Å². The maximum atomic E-state index is 11.6. The third kappa shape index (κ3) is 8.32. The quantitative estimate of drug-likeness (QED) is 0.224. The molecule has 144 valence electrons. The lowest BCUT2D eigenvalue weighted by Gasteiger charge is -2.19. The SMILES string of the molecule is CCNC(=NCc1ccccc1[N+](=O)[O-])NCCNC(=O)OC(C)(C)C. The molecular weight excluding hydrogens is 338 g/mol. The minimum atomic E-state index is -0.543. The van der Waals surface area contributed by atoms with E-state index in [9.17, 15) is 14.9 Å². The van der Waals surface area contributed by atoms with Crippen LogP contribution in [0.1, 0.15) is 33.3 Å². The molecule has 0 atom stereocenters. The smallest absolute Gasteiger partial charge is 0.407 e. The summed E-state index contributed by atoms with van der Waals surface area (Å²) in [4.78, 5) is 26.5. The maximum Gasteiger partial charge on any atom is 0.407 e. The van der Waals surface area contributed by atoms with Gasteiger partial charge in [0.05, 0.1) is 17.0 Å². The van der Waals surface area contributed by atoms with Gasteiger partial charge in [-0.25, -0.2) is 9.79 Å². The highest BCUT2D eigenvalue weighted by molar-refractivity contribution is 5.79. The highest BCUT2D eigenvalue weighted by atomic mass is 16.6. The third-order valence-corrected chi connectivity index (χ3v) is 3.03. The molecule has 1 aromatic carbocycles. The number of nitrogens with zero attached hydrogens (tertiary/aromatic N) is 2. The molecule has 0 saturated carbocycles. The molecule has 26 heavy (non-hydrogen) atoms. The summed E-state index contributed by atoms with van der Waals surface area (Å²) < 4.78 is 5.15. The number of rotatable bonds is 7. The first kappa shape index (κ1) is 21.2. The predicted octanol–water partition coefficient (Wildman–Crippen LogP) is 2.17. The Kier molecular flexibility index (Phi) is 8.33. The summed E-state index contributed by atoms with van der Waals surface area (Å²) in [7, 11) is 0. The molecule has 0 radical (unpaired) electrons. The van der Waals surface area contributed by atoms with Crippen LogP contribution in [0, 0.1) is 10.1 Å². The van der Waals surface area contributed by atoms with Gasteiger partial charge in [-0.3, -0.25) is 10.1 Å². The number of hydrogen-bond acceptors (Lipinski definition) is 5. The van der Waals surface area contributed by atoms with Crippen molar-refractivity contribution >= 4 is 17.7 Å². The van der Waals surface area contributed by atoms with E-state index in [4.69, 9.17) is 4.74 Å². The Morgan fingerprint density at radius 3 is 2.46 bits per heavy atom. The molecule has 0 aliphatic rings. The van der Waals surface area contributed by atoms with Crippen molar-refractivity contribution in [2.75, 3.05) is 19.6 Å². The summed E-state index contributed by atoms with van der Waals surface area (Å²) >= 11 is 0. The zero-order chi connectivity index (χ0) is 19.6. The van der Waals surface area contributed by atoms with Crippen LogP contribution in [0.2, 0.25) is 0 Å². The van der Waals surface area contributed by atoms with Crippen molar-refractivity contribution in [2.24, 2.45) is 4.99 Å². The van der Waals surface area contributed by atoms with Gasteiger partial charge in [0.25, 0.3) is 5.69 Å². The van der Waals surface area contributed by atoms with E-state index in [-0.39, 0.29) is 12.2 Å². The Labute approximate surface area is 153 Å². The van der Waals surface area contributed by atoms with Crippen LogP contribution in [-0.4, -0.2) is 42.2 Å². The molecule has 0 aliphatic heterocycles. The van der Waals surface area contributed by atoms with Gasteiger partial charge in [0.1, 0.15) is 5.60 Å². The van der Waals surface area contributed by atoms with Crippen molar-refractivity contribution in [2.45, 2.75) is 39.8 Å². The van der Waals surface area contributed by atoms with Crippen molar-refractivity contribution in [1.29, 1.82) is 0 Å². The molecule has 9 heteroatoms. The Hall–Kier alpha value is -2.84. The molecule has 0 fully saturated rings. The highest BCUT2D eigenvalue weighted by Gasteiger charge is 2.15. The zero-order valence-electron chi connectivity index (χ0n) is 15.7. The summed E-state index contributed by atoms with van der Waals surface area (Å²) in [5, 5.41) is 19.8. The molecule has 1 rings (SSSR count). The van der Waals surface area contributed by atoms with E-state index < -0.39 is 16.6 Å². The molecule has 3 N–H and O–H groups in total. The minimum absolute atomic E-state index is 0.0405. The Morgan fingerprint density at radius 1 is 1.19 bits per heavy atom. The van der Waals surface area contributed by atoms with Crippen LogP contribution in [0.15, 0.2) is 29.3 Å². The number of hydrogen-bond donors (Lipinski definition) is 3. The standard InChI is InChI=1S/C17H27N5O4/c1-5-18-15(19-10-11-20-16(23)26-17(2,3)4)21-12-13-8-6-7-9-14(13)22(24)25/h6-9H,5,10-12H2,1-4H3,(H,20,23)(H2,18,19,21). The Bertz CT molecular complexity index is 640. The fourth-order valence-electron chi connectivity index (χ4n) is 1.99. The van der Waals surface area contributed by atoms with Crippen LogP contribution in [0.5, 0.6) is 0 Å². The average molecular weight is 365 g/mol. The largest absolute Gasteiger partial charge is 0.444 e. The Balaban J connectivity index is 2.55. The number of benzene rings is 1. The van der Waals surface area contributed by atoms with Crippen LogP contribution in [0.4, 0.5) is 10.5 Å². The van der Waals surface area contributed by atoms with Gasteiger partial charge < -0.3 is 20.7 Å². The number of ether oxygens (including phenoxy) is 1. The third-order valence-electron chi connectivity index (χ3n) is 3.03. The maximum absolute atomic E-state index is 11.6. The molecule has 0 aliphatic carbocycles. The van der Waals surface area contributed by atoms with Gasteiger partial charge in [-0.05, 0) is 27.7 Å². The van der Waals surface area contributed by atoms with Gasteiger partial charge in [0.15, 0.2) is 5.96 Å². The molecule has 0 aromatic heterocycles. The van der Waals surface area contributed by atoms with Crippen molar-refractivity contribution in [3.05, 3.63) is 39.9 Å². The number of carbonyl (C=O) groups excluding carboxylic acids is 1. The summed E-state index contributed by atoms with van der Waals surface area (Å²) in [6.07, 6.45) is -0.485. The van der Waals surface area contributed by atoms with Crippen LogP contribution in [0.25, 0.3) is 0 Å². The second kappa shape index (κ2) is 10.2. The van der Waals surface area contributed by atoms with Crippen LogP contribution < -0.4 is 16.0 Å². The molecule has 0 heterocycles. The first-order valence-corrected chi connectivity index (χ1v) is 8.44. The van der Waals surface area contributed by atoms with Crippen molar-refractivity contribution in [3.8, 4) is 0 Å². The first-order valence-electron chi connectivity index (χ1n) is 8.44. The molecule has 0 saturated heterocycles. The van der Waals surface area contributed by atoms with E-state index in [0.717, 1.165) is 0 Å². The van der Waals surface area contributed by atoms with Crippen molar-refractivity contribution in [1.82, 2.24) is 16.0 Å². The van der Waals surface area contributed by atoms with Crippen molar-refractivity contribution in [3.63, 3.8) is 0 Å². The van der Waals surface area contributed by atoms with Gasteiger partial charge in [0.2, 0.25) is 0 Å². The first-order chi connectivity index (χ1) is 12.2. The van der Waals surface area contributed by atoms with E-state index in [1.54, 1.807) is 39.0 Å². The number of nitro benzene ring substituents is 1. The normalized spacial score (nSPS) is 11.6. The van der Waals surface area contributed by atoms with Gasteiger partial charge in [-0.15, -0.1) is 0 Å². The lowest BCUT2D eigenvalue weighted by atomic mass is 10.2. The molecule has 0 bridgehead atoms. The molecule has 9 nitrogen and oxygen atoms in total. The monoisotopic (exact) mass is 365 g/mol. The zero-order valence-corrected chi connectivity index (χ0v) is 15.7. The lowest BCUT2D eigenvalue weighted by molar-refractivity contribution is -0.385.